The Labute approximate surface area is 76.9 Å². The van der Waals surface area contributed by atoms with E-state index in [1.165, 1.54) is 6.42 Å². The van der Waals surface area contributed by atoms with Crippen LogP contribution in [0.1, 0.15) is 34.1 Å². The molecule has 0 rings (SSSR count). The van der Waals surface area contributed by atoms with Crippen LogP contribution in [0.5, 0.6) is 0 Å². The molecule has 0 radical (unpaired) electrons. The van der Waals surface area contributed by atoms with E-state index in [0.29, 0.717) is 17.9 Å². The fraction of sp³-hybridized carbons (Fsp3) is 1.00. The van der Waals surface area contributed by atoms with Gasteiger partial charge >= 0.3 is 0 Å². The standard InChI is InChI=1S/C10H24N2/c1-5-9(4)10(6-11)12-7-8(2)3/h8-10,12H,5-7,11H2,1-4H3. The Morgan fingerprint density at radius 2 is 1.83 bits per heavy atom. The third kappa shape index (κ3) is 4.73. The zero-order valence-corrected chi connectivity index (χ0v) is 8.93. The first-order valence-electron chi connectivity index (χ1n) is 5.05. The van der Waals surface area contributed by atoms with Crippen molar-refractivity contribution < 1.29 is 0 Å². The molecule has 0 saturated heterocycles. The highest BCUT2D eigenvalue weighted by atomic mass is 14.9. The molecule has 0 saturated carbocycles. The minimum absolute atomic E-state index is 0.498. The smallest absolute Gasteiger partial charge is 0.0215 e. The maximum atomic E-state index is 5.67. The van der Waals surface area contributed by atoms with Gasteiger partial charge in [0.15, 0.2) is 0 Å². The molecule has 2 heteroatoms. The SMILES string of the molecule is CCC(C)C(CN)NCC(C)C. The van der Waals surface area contributed by atoms with E-state index in [1.54, 1.807) is 0 Å². The minimum atomic E-state index is 0.498. The number of hydrogen-bond acceptors (Lipinski definition) is 2. The Bertz CT molecular complexity index is 102. The molecule has 2 atom stereocenters. The Balaban J connectivity index is 3.67. The van der Waals surface area contributed by atoms with Crippen LogP contribution in [0.2, 0.25) is 0 Å². The third-order valence-corrected chi connectivity index (χ3v) is 2.37. The molecule has 0 fully saturated rings. The topological polar surface area (TPSA) is 38.0 Å². The first kappa shape index (κ1) is 11.9. The van der Waals surface area contributed by atoms with Crippen molar-refractivity contribution >= 4 is 0 Å². The number of nitrogens with one attached hydrogen (secondary N) is 1. The lowest BCUT2D eigenvalue weighted by Gasteiger charge is -2.23. The number of rotatable bonds is 6. The monoisotopic (exact) mass is 172 g/mol. The summed E-state index contributed by atoms with van der Waals surface area (Å²) in [5, 5.41) is 3.49. The van der Waals surface area contributed by atoms with Gasteiger partial charge in [-0.2, -0.15) is 0 Å². The third-order valence-electron chi connectivity index (χ3n) is 2.37. The van der Waals surface area contributed by atoms with E-state index in [0.717, 1.165) is 13.1 Å². The normalized spacial score (nSPS) is 16.5. The lowest BCUT2D eigenvalue weighted by atomic mass is 9.99. The van der Waals surface area contributed by atoms with Crippen LogP contribution in [0.15, 0.2) is 0 Å². The molecule has 12 heavy (non-hydrogen) atoms. The van der Waals surface area contributed by atoms with Gasteiger partial charge in [0.1, 0.15) is 0 Å². The Hall–Kier alpha value is -0.0800. The lowest BCUT2D eigenvalue weighted by Crippen LogP contribution is -2.42. The second-order valence-corrected chi connectivity index (χ2v) is 4.03. The van der Waals surface area contributed by atoms with Crippen LogP contribution < -0.4 is 11.1 Å². The van der Waals surface area contributed by atoms with Crippen LogP contribution >= 0.6 is 0 Å². The Morgan fingerprint density at radius 1 is 1.25 bits per heavy atom. The van der Waals surface area contributed by atoms with Crippen molar-refractivity contribution in [2.75, 3.05) is 13.1 Å². The molecule has 0 amide bonds. The number of hydrogen-bond donors (Lipinski definition) is 2. The molecule has 0 aliphatic rings. The number of nitrogens with two attached hydrogens (primary N) is 1. The highest BCUT2D eigenvalue weighted by Gasteiger charge is 2.12. The first-order valence-corrected chi connectivity index (χ1v) is 5.05. The molecule has 2 unspecified atom stereocenters. The summed E-state index contributed by atoms with van der Waals surface area (Å²) < 4.78 is 0. The second kappa shape index (κ2) is 6.44. The highest BCUT2D eigenvalue weighted by Crippen LogP contribution is 2.06. The summed E-state index contributed by atoms with van der Waals surface area (Å²) in [7, 11) is 0. The van der Waals surface area contributed by atoms with Gasteiger partial charge in [-0.25, -0.2) is 0 Å². The average molecular weight is 172 g/mol. The van der Waals surface area contributed by atoms with Crippen molar-refractivity contribution in [1.82, 2.24) is 5.32 Å². The summed E-state index contributed by atoms with van der Waals surface area (Å²) in [5.41, 5.74) is 5.67. The molecule has 3 N–H and O–H groups in total. The van der Waals surface area contributed by atoms with Crippen LogP contribution in [0, 0.1) is 11.8 Å². The molecular weight excluding hydrogens is 148 g/mol. The summed E-state index contributed by atoms with van der Waals surface area (Å²) in [6, 6.07) is 0.498. The van der Waals surface area contributed by atoms with Gasteiger partial charge < -0.3 is 11.1 Å². The van der Waals surface area contributed by atoms with Crippen molar-refractivity contribution in [3.05, 3.63) is 0 Å². The van der Waals surface area contributed by atoms with Crippen molar-refractivity contribution in [2.24, 2.45) is 17.6 Å². The van der Waals surface area contributed by atoms with E-state index < -0.39 is 0 Å². The largest absolute Gasteiger partial charge is 0.329 e. The van der Waals surface area contributed by atoms with Crippen LogP contribution in [0.4, 0.5) is 0 Å². The van der Waals surface area contributed by atoms with Crippen LogP contribution in [-0.2, 0) is 0 Å². The maximum Gasteiger partial charge on any atom is 0.0215 e. The average Bonchev–Trinajstić information content (AvgIpc) is 2.04. The van der Waals surface area contributed by atoms with E-state index in [1.807, 2.05) is 0 Å². The van der Waals surface area contributed by atoms with Gasteiger partial charge in [-0.1, -0.05) is 34.1 Å². The minimum Gasteiger partial charge on any atom is -0.329 e. The molecule has 0 aliphatic carbocycles. The summed E-state index contributed by atoms with van der Waals surface area (Å²) in [6.07, 6.45) is 1.20. The molecular formula is C10H24N2. The van der Waals surface area contributed by atoms with E-state index >= 15 is 0 Å². The Kier molecular flexibility index (Phi) is 6.39. The predicted molar refractivity (Wildman–Crippen MR) is 55.1 cm³/mol. The van der Waals surface area contributed by atoms with Crippen LogP contribution in [0.25, 0.3) is 0 Å². The van der Waals surface area contributed by atoms with Crippen molar-refractivity contribution in [3.8, 4) is 0 Å². The van der Waals surface area contributed by atoms with Crippen LogP contribution in [-0.4, -0.2) is 19.1 Å². The fourth-order valence-electron chi connectivity index (χ4n) is 1.19. The quantitative estimate of drug-likeness (QED) is 0.639. The van der Waals surface area contributed by atoms with E-state index in [9.17, 15) is 0 Å². The van der Waals surface area contributed by atoms with Gasteiger partial charge in [0.05, 0.1) is 0 Å². The molecule has 0 aromatic carbocycles. The zero-order valence-electron chi connectivity index (χ0n) is 8.93. The summed E-state index contributed by atoms with van der Waals surface area (Å²) >= 11 is 0. The van der Waals surface area contributed by atoms with E-state index in [-0.39, 0.29) is 0 Å². The van der Waals surface area contributed by atoms with Gasteiger partial charge in [-0.05, 0) is 18.4 Å². The fourth-order valence-corrected chi connectivity index (χ4v) is 1.19. The van der Waals surface area contributed by atoms with Crippen molar-refractivity contribution in [2.45, 2.75) is 40.2 Å². The summed E-state index contributed by atoms with van der Waals surface area (Å²) in [6.45, 7) is 10.7. The summed E-state index contributed by atoms with van der Waals surface area (Å²) in [4.78, 5) is 0. The predicted octanol–water partition coefficient (Wildman–Crippen LogP) is 1.61. The van der Waals surface area contributed by atoms with E-state index in [2.05, 4.69) is 33.0 Å². The van der Waals surface area contributed by atoms with Gasteiger partial charge in [0, 0.05) is 12.6 Å². The molecule has 0 aliphatic heterocycles. The summed E-state index contributed by atoms with van der Waals surface area (Å²) in [5.74, 6) is 1.40. The maximum absolute atomic E-state index is 5.67. The molecule has 2 nitrogen and oxygen atoms in total. The molecule has 74 valence electrons. The van der Waals surface area contributed by atoms with Gasteiger partial charge in [0.25, 0.3) is 0 Å². The van der Waals surface area contributed by atoms with Gasteiger partial charge in [-0.15, -0.1) is 0 Å². The van der Waals surface area contributed by atoms with Gasteiger partial charge in [-0.3, -0.25) is 0 Å². The van der Waals surface area contributed by atoms with E-state index in [4.69, 9.17) is 5.73 Å². The molecule has 0 heterocycles. The second-order valence-electron chi connectivity index (χ2n) is 4.03. The van der Waals surface area contributed by atoms with Crippen LogP contribution in [0.3, 0.4) is 0 Å². The molecule has 0 bridgehead atoms. The molecule has 0 aromatic heterocycles. The van der Waals surface area contributed by atoms with Crippen molar-refractivity contribution in [3.63, 3.8) is 0 Å². The zero-order chi connectivity index (χ0) is 9.56. The molecule has 0 aromatic rings. The highest BCUT2D eigenvalue weighted by molar-refractivity contribution is 4.73. The first-order chi connectivity index (χ1) is 5.61. The Morgan fingerprint density at radius 3 is 2.17 bits per heavy atom. The molecule has 0 spiro atoms. The van der Waals surface area contributed by atoms with Crippen molar-refractivity contribution in [1.29, 1.82) is 0 Å². The lowest BCUT2D eigenvalue weighted by molar-refractivity contribution is 0.356. The van der Waals surface area contributed by atoms with Gasteiger partial charge in [0.2, 0.25) is 0 Å².